The molecule has 7 heteroatoms. The van der Waals surface area contributed by atoms with Crippen LogP contribution in [-0.4, -0.2) is 22.9 Å². The Morgan fingerprint density at radius 3 is 2.50 bits per heavy atom. The van der Waals surface area contributed by atoms with Gasteiger partial charge < -0.3 is 10.1 Å². The predicted molar refractivity (Wildman–Crippen MR) is 113 cm³/mol. The molecule has 0 spiro atoms. The minimum atomic E-state index is -0.383. The fraction of sp³-hybridized carbons (Fsp3) is 0.238. The molecule has 0 saturated carbocycles. The van der Waals surface area contributed by atoms with Crippen LogP contribution in [0.25, 0.3) is 5.69 Å². The number of anilines is 2. The molecule has 2 N–H and O–H groups in total. The summed E-state index contributed by atoms with van der Waals surface area (Å²) in [6.45, 7) is 6.21. The lowest BCUT2D eigenvalue weighted by molar-refractivity contribution is 0.262. The van der Waals surface area contributed by atoms with Crippen LogP contribution in [0, 0.1) is 0 Å². The molecule has 0 fully saturated rings. The summed E-state index contributed by atoms with van der Waals surface area (Å²) >= 11 is 5.98. The van der Waals surface area contributed by atoms with Gasteiger partial charge in [0.15, 0.2) is 0 Å². The topological polar surface area (TPSA) is 68.2 Å². The number of methoxy groups -OCH3 is 1. The number of carbonyl (C=O) groups is 1. The Hall–Kier alpha value is -2.99. The average molecular weight is 399 g/mol. The van der Waals surface area contributed by atoms with E-state index in [0.717, 1.165) is 11.4 Å². The van der Waals surface area contributed by atoms with Crippen molar-refractivity contribution in [3.63, 3.8) is 0 Å². The van der Waals surface area contributed by atoms with Crippen molar-refractivity contribution in [1.82, 2.24) is 9.78 Å². The maximum absolute atomic E-state index is 12.5. The number of ether oxygens (including phenoxy) is 1. The van der Waals surface area contributed by atoms with Gasteiger partial charge in [0.2, 0.25) is 0 Å². The van der Waals surface area contributed by atoms with E-state index in [4.69, 9.17) is 21.4 Å². The van der Waals surface area contributed by atoms with Crippen molar-refractivity contribution in [2.75, 3.05) is 17.7 Å². The number of nitrogens with one attached hydrogen (secondary N) is 2. The third-order valence-electron chi connectivity index (χ3n) is 4.10. The zero-order chi connectivity index (χ0) is 20.3. The smallest absolute Gasteiger partial charge is 0.324 e. The van der Waals surface area contributed by atoms with E-state index in [9.17, 15) is 4.79 Å². The molecule has 2 aromatic carbocycles. The maximum Gasteiger partial charge on any atom is 0.324 e. The van der Waals surface area contributed by atoms with E-state index in [1.54, 1.807) is 36.1 Å². The molecular formula is C21H23ClN4O2. The van der Waals surface area contributed by atoms with E-state index in [0.29, 0.717) is 22.3 Å². The molecule has 0 aliphatic rings. The molecule has 28 heavy (non-hydrogen) atoms. The number of urea groups is 1. The van der Waals surface area contributed by atoms with Crippen molar-refractivity contribution < 1.29 is 9.53 Å². The standard InChI is InChI=1S/C21H23ClN4O2/c1-21(2,3)18-13-19(24-20(27)23-15-8-5-7-14(22)11-15)26(25-18)16-9-6-10-17(12-16)28-4/h5-13H,1-4H3,(H2,23,24,27). The molecule has 3 rings (SSSR count). The van der Waals surface area contributed by atoms with Gasteiger partial charge in [0, 0.05) is 28.3 Å². The van der Waals surface area contributed by atoms with Crippen molar-refractivity contribution in [2.45, 2.75) is 26.2 Å². The number of hydrogen-bond donors (Lipinski definition) is 2. The molecule has 1 heterocycles. The fourth-order valence-corrected chi connectivity index (χ4v) is 2.81. The third-order valence-corrected chi connectivity index (χ3v) is 4.33. The van der Waals surface area contributed by atoms with Crippen LogP contribution in [0.2, 0.25) is 5.02 Å². The number of carbonyl (C=O) groups excluding carboxylic acids is 1. The van der Waals surface area contributed by atoms with Gasteiger partial charge >= 0.3 is 6.03 Å². The first kappa shape index (κ1) is 19.8. The van der Waals surface area contributed by atoms with Crippen molar-refractivity contribution in [1.29, 1.82) is 0 Å². The van der Waals surface area contributed by atoms with E-state index in [2.05, 4.69) is 31.4 Å². The van der Waals surface area contributed by atoms with Crippen LogP contribution in [0.3, 0.4) is 0 Å². The molecule has 6 nitrogen and oxygen atoms in total. The Morgan fingerprint density at radius 1 is 1.07 bits per heavy atom. The second-order valence-corrected chi connectivity index (χ2v) is 7.80. The lowest BCUT2D eigenvalue weighted by atomic mass is 9.92. The van der Waals surface area contributed by atoms with Crippen molar-refractivity contribution >= 4 is 29.1 Å². The number of benzene rings is 2. The molecule has 1 aromatic heterocycles. The predicted octanol–water partition coefficient (Wildman–Crippen LogP) is 5.48. The van der Waals surface area contributed by atoms with Crippen LogP contribution in [0.1, 0.15) is 26.5 Å². The molecule has 146 valence electrons. The van der Waals surface area contributed by atoms with Gasteiger partial charge in [-0.2, -0.15) is 5.10 Å². The highest BCUT2D eigenvalue weighted by atomic mass is 35.5. The van der Waals surface area contributed by atoms with Gasteiger partial charge in [-0.15, -0.1) is 0 Å². The zero-order valence-corrected chi connectivity index (χ0v) is 17.0. The summed E-state index contributed by atoms with van der Waals surface area (Å²) < 4.78 is 7.00. The molecular weight excluding hydrogens is 376 g/mol. The van der Waals surface area contributed by atoms with E-state index < -0.39 is 0 Å². The van der Waals surface area contributed by atoms with Gasteiger partial charge in [0.05, 0.1) is 18.5 Å². The van der Waals surface area contributed by atoms with E-state index >= 15 is 0 Å². The van der Waals surface area contributed by atoms with Crippen LogP contribution in [0.4, 0.5) is 16.3 Å². The largest absolute Gasteiger partial charge is 0.497 e. The first-order valence-electron chi connectivity index (χ1n) is 8.85. The Labute approximate surface area is 169 Å². The Balaban J connectivity index is 1.92. The minimum absolute atomic E-state index is 0.177. The van der Waals surface area contributed by atoms with Crippen molar-refractivity contribution in [3.05, 3.63) is 65.3 Å². The number of nitrogens with zero attached hydrogens (tertiary/aromatic N) is 2. The van der Waals surface area contributed by atoms with Crippen LogP contribution in [0.5, 0.6) is 5.75 Å². The number of amides is 2. The monoisotopic (exact) mass is 398 g/mol. The number of hydrogen-bond acceptors (Lipinski definition) is 3. The maximum atomic E-state index is 12.5. The Morgan fingerprint density at radius 2 is 1.82 bits per heavy atom. The summed E-state index contributed by atoms with van der Waals surface area (Å²) in [6.07, 6.45) is 0. The van der Waals surface area contributed by atoms with Crippen molar-refractivity contribution in [2.24, 2.45) is 0 Å². The van der Waals surface area contributed by atoms with Gasteiger partial charge in [-0.05, 0) is 30.3 Å². The van der Waals surface area contributed by atoms with Gasteiger partial charge in [-0.3, -0.25) is 5.32 Å². The zero-order valence-electron chi connectivity index (χ0n) is 16.3. The minimum Gasteiger partial charge on any atom is -0.497 e. The number of aromatic nitrogens is 2. The Kier molecular flexibility index (Phi) is 5.61. The van der Waals surface area contributed by atoms with Crippen LogP contribution in [0.15, 0.2) is 54.6 Å². The second-order valence-electron chi connectivity index (χ2n) is 7.37. The Bertz CT molecular complexity index is 992. The molecule has 0 bridgehead atoms. The molecule has 0 atom stereocenters. The molecule has 0 aliphatic carbocycles. The van der Waals surface area contributed by atoms with Gasteiger partial charge in [0.1, 0.15) is 11.6 Å². The van der Waals surface area contributed by atoms with Crippen LogP contribution in [-0.2, 0) is 5.41 Å². The molecule has 0 unspecified atom stereocenters. The first-order valence-corrected chi connectivity index (χ1v) is 9.22. The summed E-state index contributed by atoms with van der Waals surface area (Å²) in [4.78, 5) is 12.5. The summed E-state index contributed by atoms with van der Waals surface area (Å²) in [5.74, 6) is 1.26. The molecule has 0 radical (unpaired) electrons. The second kappa shape index (κ2) is 7.94. The quantitative estimate of drug-likeness (QED) is 0.611. The summed E-state index contributed by atoms with van der Waals surface area (Å²) in [5, 5.41) is 10.9. The normalized spacial score (nSPS) is 11.2. The number of halogens is 1. The molecule has 2 amide bonds. The molecule has 3 aromatic rings. The van der Waals surface area contributed by atoms with Crippen molar-refractivity contribution in [3.8, 4) is 11.4 Å². The molecule has 0 saturated heterocycles. The number of rotatable bonds is 4. The van der Waals surface area contributed by atoms with Gasteiger partial charge in [-0.25, -0.2) is 9.48 Å². The first-order chi connectivity index (χ1) is 13.3. The van der Waals surface area contributed by atoms with E-state index in [1.807, 2.05) is 30.3 Å². The van der Waals surface area contributed by atoms with Gasteiger partial charge in [-0.1, -0.05) is 44.5 Å². The SMILES string of the molecule is COc1cccc(-n2nc(C(C)(C)C)cc2NC(=O)Nc2cccc(Cl)c2)c1. The molecule has 0 aliphatic heterocycles. The average Bonchev–Trinajstić information content (AvgIpc) is 3.06. The van der Waals surface area contributed by atoms with Crippen LogP contribution >= 0.6 is 11.6 Å². The van der Waals surface area contributed by atoms with E-state index in [1.165, 1.54) is 0 Å². The lowest BCUT2D eigenvalue weighted by Crippen LogP contribution is -2.21. The highest BCUT2D eigenvalue weighted by Crippen LogP contribution is 2.27. The summed E-state index contributed by atoms with van der Waals surface area (Å²) in [6, 6.07) is 16.0. The highest BCUT2D eigenvalue weighted by Gasteiger charge is 2.21. The van der Waals surface area contributed by atoms with Crippen LogP contribution < -0.4 is 15.4 Å². The summed E-state index contributed by atoms with van der Waals surface area (Å²) in [5.41, 5.74) is 2.07. The van der Waals surface area contributed by atoms with Gasteiger partial charge in [0.25, 0.3) is 0 Å². The third kappa shape index (κ3) is 4.64. The van der Waals surface area contributed by atoms with E-state index in [-0.39, 0.29) is 11.4 Å². The summed E-state index contributed by atoms with van der Waals surface area (Å²) in [7, 11) is 1.61. The highest BCUT2D eigenvalue weighted by molar-refractivity contribution is 6.30. The fourth-order valence-electron chi connectivity index (χ4n) is 2.62. The lowest BCUT2D eigenvalue weighted by Gasteiger charge is -2.14.